The lowest BCUT2D eigenvalue weighted by Crippen LogP contribution is -2.57. The van der Waals surface area contributed by atoms with Gasteiger partial charge in [-0.05, 0) is 38.1 Å². The molecular weight excluding hydrogens is 426 g/mol. The summed E-state index contributed by atoms with van der Waals surface area (Å²) in [7, 11) is 0. The number of halogens is 5. The minimum absolute atomic E-state index is 0.0300. The first-order valence-electron chi connectivity index (χ1n) is 9.05. The minimum Gasteiger partial charge on any atom is -0.349 e. The Kier molecular flexibility index (Phi) is 5.02. The van der Waals surface area contributed by atoms with E-state index in [9.17, 15) is 13.2 Å². The highest BCUT2D eigenvalue weighted by atomic mass is 35.5. The number of aromatic nitrogens is 3. The van der Waals surface area contributed by atoms with Crippen LogP contribution in [0, 0.1) is 0 Å². The predicted octanol–water partition coefficient (Wildman–Crippen LogP) is 5.39. The van der Waals surface area contributed by atoms with Crippen molar-refractivity contribution in [3.63, 3.8) is 0 Å². The second-order valence-electron chi connectivity index (χ2n) is 7.25. The predicted molar refractivity (Wildman–Crippen MR) is 109 cm³/mol. The average Bonchev–Trinajstić information content (AvgIpc) is 3.06. The van der Waals surface area contributed by atoms with Crippen LogP contribution in [0.15, 0.2) is 30.5 Å². The molecule has 4 rings (SSSR count). The van der Waals surface area contributed by atoms with E-state index in [1.165, 1.54) is 6.07 Å². The zero-order valence-corrected chi connectivity index (χ0v) is 17.1. The highest BCUT2D eigenvalue weighted by Gasteiger charge is 2.33. The smallest absolute Gasteiger partial charge is 0.349 e. The number of alkyl halides is 3. The summed E-state index contributed by atoms with van der Waals surface area (Å²) in [6.07, 6.45) is -2.83. The third-order valence-corrected chi connectivity index (χ3v) is 5.60. The molecule has 2 atom stereocenters. The Balaban J connectivity index is 1.60. The van der Waals surface area contributed by atoms with E-state index in [1.54, 1.807) is 12.3 Å². The third kappa shape index (κ3) is 3.83. The van der Waals surface area contributed by atoms with Gasteiger partial charge in [-0.1, -0.05) is 23.2 Å². The van der Waals surface area contributed by atoms with Gasteiger partial charge >= 0.3 is 6.18 Å². The van der Waals surface area contributed by atoms with Gasteiger partial charge in [0.1, 0.15) is 5.82 Å². The molecular formula is C19H18Cl2F3N5. The number of anilines is 2. The highest BCUT2D eigenvalue weighted by Crippen LogP contribution is 2.33. The molecule has 0 spiro atoms. The SMILES string of the molecule is CC1CN(c2ncc(Cl)cc2Cl)C(C)CN1c1nc2ccc(C(F)(F)F)cc2[nH]1. The standard InChI is InChI=1S/C19H18Cl2F3N5/c1-10-9-29(11(2)8-28(10)17-14(21)6-13(20)7-25-17)18-26-15-4-3-12(19(22,23)24)5-16(15)27-18/h3-7,10-11H,8-9H2,1-2H3,(H,26,27). The number of fused-ring (bicyclic) bond motifs is 1. The highest BCUT2D eigenvalue weighted by molar-refractivity contribution is 6.36. The molecule has 0 radical (unpaired) electrons. The lowest BCUT2D eigenvalue weighted by molar-refractivity contribution is -0.137. The molecule has 1 saturated heterocycles. The Morgan fingerprint density at radius 2 is 1.76 bits per heavy atom. The van der Waals surface area contributed by atoms with Gasteiger partial charge < -0.3 is 14.8 Å². The molecule has 10 heteroatoms. The maximum Gasteiger partial charge on any atom is 0.416 e. The molecule has 1 aliphatic heterocycles. The van der Waals surface area contributed by atoms with E-state index in [-0.39, 0.29) is 12.1 Å². The van der Waals surface area contributed by atoms with Crippen molar-refractivity contribution in [3.8, 4) is 0 Å². The summed E-state index contributed by atoms with van der Waals surface area (Å²) in [6, 6.07) is 5.27. The van der Waals surface area contributed by atoms with Crippen LogP contribution in [-0.2, 0) is 6.18 Å². The van der Waals surface area contributed by atoms with Gasteiger partial charge in [-0.15, -0.1) is 0 Å². The van der Waals surface area contributed by atoms with Crippen molar-refractivity contribution in [1.82, 2.24) is 15.0 Å². The van der Waals surface area contributed by atoms with Crippen molar-refractivity contribution in [1.29, 1.82) is 0 Å². The largest absolute Gasteiger partial charge is 0.416 e. The zero-order valence-electron chi connectivity index (χ0n) is 15.6. The van der Waals surface area contributed by atoms with Crippen LogP contribution in [0.4, 0.5) is 24.9 Å². The van der Waals surface area contributed by atoms with Gasteiger partial charge in [0, 0.05) is 31.4 Å². The van der Waals surface area contributed by atoms with Gasteiger partial charge in [0.15, 0.2) is 0 Å². The summed E-state index contributed by atoms with van der Waals surface area (Å²) in [6.45, 7) is 5.29. The van der Waals surface area contributed by atoms with E-state index in [1.807, 2.05) is 13.8 Å². The third-order valence-electron chi connectivity index (χ3n) is 5.12. The molecule has 154 valence electrons. The van der Waals surface area contributed by atoms with Crippen molar-refractivity contribution in [2.75, 3.05) is 22.9 Å². The Morgan fingerprint density at radius 1 is 1.07 bits per heavy atom. The molecule has 0 bridgehead atoms. The second-order valence-corrected chi connectivity index (χ2v) is 8.10. The van der Waals surface area contributed by atoms with Crippen LogP contribution in [0.5, 0.6) is 0 Å². The summed E-state index contributed by atoms with van der Waals surface area (Å²) in [5.74, 6) is 1.21. The molecule has 2 unspecified atom stereocenters. The van der Waals surface area contributed by atoms with E-state index in [4.69, 9.17) is 23.2 Å². The van der Waals surface area contributed by atoms with E-state index in [0.29, 0.717) is 45.9 Å². The fourth-order valence-electron chi connectivity index (χ4n) is 3.64. The molecule has 0 aliphatic carbocycles. The van der Waals surface area contributed by atoms with Crippen LogP contribution in [-0.4, -0.2) is 40.1 Å². The normalized spacial score (nSPS) is 20.5. The number of pyridine rings is 1. The number of nitrogens with zero attached hydrogens (tertiary/aromatic N) is 4. The fraction of sp³-hybridized carbons (Fsp3) is 0.368. The Hall–Kier alpha value is -2.19. The maximum atomic E-state index is 13.0. The van der Waals surface area contributed by atoms with Gasteiger partial charge in [-0.25, -0.2) is 9.97 Å². The van der Waals surface area contributed by atoms with E-state index in [0.717, 1.165) is 12.1 Å². The summed E-state index contributed by atoms with van der Waals surface area (Å²) in [4.78, 5) is 16.1. The summed E-state index contributed by atoms with van der Waals surface area (Å²) in [5.41, 5.74) is 0.159. The number of rotatable bonds is 2. The van der Waals surface area contributed by atoms with Crippen molar-refractivity contribution < 1.29 is 13.2 Å². The molecule has 2 aromatic heterocycles. The number of hydrogen-bond acceptors (Lipinski definition) is 4. The number of H-pyrrole nitrogens is 1. The molecule has 0 saturated carbocycles. The average molecular weight is 444 g/mol. The van der Waals surface area contributed by atoms with Crippen LogP contribution >= 0.6 is 23.2 Å². The first-order valence-corrected chi connectivity index (χ1v) is 9.80. The topological polar surface area (TPSA) is 48.1 Å². The Labute approximate surface area is 175 Å². The van der Waals surface area contributed by atoms with E-state index >= 15 is 0 Å². The van der Waals surface area contributed by atoms with Gasteiger partial charge in [0.05, 0.1) is 26.6 Å². The first kappa shape index (κ1) is 20.1. The molecule has 1 fully saturated rings. The number of piperazine rings is 1. The lowest BCUT2D eigenvalue weighted by Gasteiger charge is -2.44. The molecule has 3 aromatic rings. The van der Waals surface area contributed by atoms with Crippen molar-refractivity contribution in [2.24, 2.45) is 0 Å². The fourth-order valence-corrected chi connectivity index (χ4v) is 4.13. The Morgan fingerprint density at radius 3 is 2.45 bits per heavy atom. The number of nitrogens with one attached hydrogen (secondary N) is 1. The second kappa shape index (κ2) is 7.25. The van der Waals surface area contributed by atoms with Gasteiger partial charge in [0.25, 0.3) is 0 Å². The quantitative estimate of drug-likeness (QED) is 0.576. The van der Waals surface area contributed by atoms with E-state index < -0.39 is 11.7 Å². The van der Waals surface area contributed by atoms with Gasteiger partial charge in [0.2, 0.25) is 5.95 Å². The molecule has 1 N–H and O–H groups in total. The molecule has 1 aliphatic rings. The lowest BCUT2D eigenvalue weighted by atomic mass is 10.1. The number of benzene rings is 1. The summed E-state index contributed by atoms with van der Waals surface area (Å²) in [5, 5.41) is 0.951. The van der Waals surface area contributed by atoms with Gasteiger partial charge in [-0.3, -0.25) is 0 Å². The number of aromatic amines is 1. The zero-order chi connectivity index (χ0) is 20.9. The van der Waals surface area contributed by atoms with Crippen LogP contribution in [0.3, 0.4) is 0 Å². The molecule has 29 heavy (non-hydrogen) atoms. The molecule has 1 aromatic carbocycles. The van der Waals surface area contributed by atoms with Gasteiger partial charge in [-0.2, -0.15) is 13.2 Å². The molecule has 5 nitrogen and oxygen atoms in total. The van der Waals surface area contributed by atoms with Crippen LogP contribution in [0.25, 0.3) is 11.0 Å². The Bertz CT molecular complexity index is 1050. The molecule has 3 heterocycles. The van der Waals surface area contributed by atoms with Crippen LogP contribution in [0.2, 0.25) is 10.0 Å². The number of hydrogen-bond donors (Lipinski definition) is 1. The van der Waals surface area contributed by atoms with Crippen molar-refractivity contribution in [3.05, 3.63) is 46.1 Å². The van der Waals surface area contributed by atoms with Crippen LogP contribution in [0.1, 0.15) is 19.4 Å². The van der Waals surface area contributed by atoms with Crippen molar-refractivity contribution in [2.45, 2.75) is 32.1 Å². The van der Waals surface area contributed by atoms with E-state index in [2.05, 4.69) is 24.8 Å². The summed E-state index contributed by atoms with van der Waals surface area (Å²) >= 11 is 12.3. The van der Waals surface area contributed by atoms with Crippen LogP contribution < -0.4 is 9.80 Å². The monoisotopic (exact) mass is 443 g/mol. The molecule has 0 amide bonds. The maximum absolute atomic E-state index is 13.0. The van der Waals surface area contributed by atoms with Crippen molar-refractivity contribution >= 4 is 46.0 Å². The first-order chi connectivity index (χ1) is 13.6. The minimum atomic E-state index is -4.39. The number of imidazole rings is 1. The summed E-state index contributed by atoms with van der Waals surface area (Å²) < 4.78 is 38.9.